The molecule has 0 atom stereocenters. The van der Waals surface area contributed by atoms with Gasteiger partial charge < -0.3 is 10.6 Å². The van der Waals surface area contributed by atoms with Crippen molar-refractivity contribution < 1.29 is 13.2 Å². The van der Waals surface area contributed by atoms with Crippen LogP contribution >= 0.6 is 0 Å². The Balaban J connectivity index is 1.61. The van der Waals surface area contributed by atoms with Crippen molar-refractivity contribution >= 4 is 33.4 Å². The Labute approximate surface area is 206 Å². The van der Waals surface area contributed by atoms with Crippen LogP contribution in [0.5, 0.6) is 0 Å². The molecule has 0 radical (unpaired) electrons. The van der Waals surface area contributed by atoms with Crippen LogP contribution in [-0.4, -0.2) is 37.1 Å². The second-order valence-corrected chi connectivity index (χ2v) is 10.7. The number of carbonyl (C=O) groups is 1. The van der Waals surface area contributed by atoms with Gasteiger partial charge in [0.25, 0.3) is 5.91 Å². The largest absolute Gasteiger partial charge is 0.354 e. The third kappa shape index (κ3) is 7.26. The molecule has 1 aliphatic carbocycles. The number of nitrogens with one attached hydrogen (secondary N) is 3. The summed E-state index contributed by atoms with van der Waals surface area (Å²) in [5.41, 5.74) is 2.99. The van der Waals surface area contributed by atoms with E-state index >= 15 is 0 Å². The number of carbonyl (C=O) groups excluding carboxylic acids is 1. The van der Waals surface area contributed by atoms with Crippen molar-refractivity contribution in [2.24, 2.45) is 5.92 Å². The Morgan fingerprint density at radius 2 is 1.71 bits per heavy atom. The Hall–Kier alpha value is -3.46. The van der Waals surface area contributed by atoms with Crippen molar-refractivity contribution in [2.45, 2.75) is 38.5 Å². The van der Waals surface area contributed by atoms with Gasteiger partial charge in [-0.05, 0) is 42.4 Å². The molecule has 0 spiro atoms. The Kier molecular flexibility index (Phi) is 7.97. The highest BCUT2D eigenvalue weighted by atomic mass is 32.2. The number of aromatic nitrogens is 2. The standard InChI is InChI=1S/C26H31N5O3S/c1-35(33,34)31-25(32)22-18-28-26(27-17-20-12-6-3-7-13-20)30-24(22)29-23-15-9-8-14-21(23)16-19-10-4-2-5-11-19/h2,4-5,8-11,14-15,18,20H,3,6-7,12-13,16-17H2,1H3,(H,31,32)(H2,27,28,29,30). The van der Waals surface area contributed by atoms with E-state index in [9.17, 15) is 13.2 Å². The third-order valence-corrected chi connectivity index (χ3v) is 6.65. The fourth-order valence-electron chi connectivity index (χ4n) is 4.32. The fourth-order valence-corrected chi connectivity index (χ4v) is 4.77. The van der Waals surface area contributed by atoms with Crippen molar-refractivity contribution in [3.05, 3.63) is 77.5 Å². The Morgan fingerprint density at radius 1 is 1.00 bits per heavy atom. The minimum atomic E-state index is -3.74. The average Bonchev–Trinajstić information content (AvgIpc) is 2.84. The van der Waals surface area contributed by atoms with E-state index in [1.807, 2.05) is 47.2 Å². The van der Waals surface area contributed by atoms with Crippen molar-refractivity contribution in [3.8, 4) is 0 Å². The monoisotopic (exact) mass is 493 g/mol. The summed E-state index contributed by atoms with van der Waals surface area (Å²) < 4.78 is 25.4. The minimum absolute atomic E-state index is 0.0492. The van der Waals surface area contributed by atoms with Gasteiger partial charge in [-0.2, -0.15) is 4.98 Å². The predicted octanol–water partition coefficient (Wildman–Crippen LogP) is 4.49. The molecule has 1 amide bonds. The summed E-state index contributed by atoms with van der Waals surface area (Å²) >= 11 is 0. The minimum Gasteiger partial charge on any atom is -0.354 e. The molecule has 1 aliphatic rings. The summed E-state index contributed by atoms with van der Waals surface area (Å²) in [7, 11) is -3.74. The number of anilines is 3. The first-order chi connectivity index (χ1) is 16.9. The molecule has 1 fully saturated rings. The number of amides is 1. The number of hydrogen-bond acceptors (Lipinski definition) is 7. The van der Waals surface area contributed by atoms with Crippen molar-refractivity contribution in [1.82, 2.24) is 14.7 Å². The van der Waals surface area contributed by atoms with Gasteiger partial charge >= 0.3 is 0 Å². The summed E-state index contributed by atoms with van der Waals surface area (Å²) in [6, 6.07) is 17.8. The first-order valence-electron chi connectivity index (χ1n) is 11.9. The van der Waals surface area contributed by atoms with Crippen molar-refractivity contribution in [3.63, 3.8) is 0 Å². The average molecular weight is 494 g/mol. The van der Waals surface area contributed by atoms with Crippen molar-refractivity contribution in [1.29, 1.82) is 0 Å². The first kappa shape index (κ1) is 24.7. The van der Waals surface area contributed by atoms with E-state index < -0.39 is 15.9 Å². The normalized spacial score (nSPS) is 14.3. The van der Waals surface area contributed by atoms with Crippen LogP contribution in [0, 0.1) is 5.92 Å². The van der Waals surface area contributed by atoms with Gasteiger partial charge in [0.15, 0.2) is 0 Å². The van der Waals surface area contributed by atoms with E-state index in [1.165, 1.54) is 38.3 Å². The van der Waals surface area contributed by atoms with Crippen LogP contribution in [0.4, 0.5) is 17.5 Å². The van der Waals surface area contributed by atoms with Crippen LogP contribution < -0.4 is 15.4 Å². The van der Waals surface area contributed by atoms with Gasteiger partial charge in [0.2, 0.25) is 16.0 Å². The van der Waals surface area contributed by atoms with E-state index in [1.54, 1.807) is 0 Å². The highest BCUT2D eigenvalue weighted by Crippen LogP contribution is 2.26. The maximum Gasteiger partial charge on any atom is 0.270 e. The zero-order valence-corrected chi connectivity index (χ0v) is 20.6. The quantitative estimate of drug-likeness (QED) is 0.402. The summed E-state index contributed by atoms with van der Waals surface area (Å²) in [5.74, 6) is 0.431. The van der Waals surface area contributed by atoms with Gasteiger partial charge in [-0.25, -0.2) is 18.1 Å². The van der Waals surface area contributed by atoms with Crippen LogP contribution in [-0.2, 0) is 16.4 Å². The second-order valence-electron chi connectivity index (χ2n) is 8.99. The second kappa shape index (κ2) is 11.3. The molecule has 1 aromatic heterocycles. The lowest BCUT2D eigenvalue weighted by molar-refractivity contribution is 0.0982. The lowest BCUT2D eigenvalue weighted by Gasteiger charge is -2.22. The zero-order valence-electron chi connectivity index (χ0n) is 19.8. The molecule has 184 valence electrons. The highest BCUT2D eigenvalue weighted by Gasteiger charge is 2.20. The summed E-state index contributed by atoms with van der Waals surface area (Å²) in [6.45, 7) is 0.763. The fraction of sp³-hybridized carbons (Fsp3) is 0.346. The molecule has 3 aromatic rings. The van der Waals surface area contributed by atoms with Crippen molar-refractivity contribution in [2.75, 3.05) is 23.4 Å². The van der Waals surface area contributed by atoms with E-state index in [0.717, 1.165) is 29.6 Å². The van der Waals surface area contributed by atoms with Gasteiger partial charge in [-0.1, -0.05) is 67.8 Å². The molecule has 2 aromatic carbocycles. The maximum atomic E-state index is 12.7. The van der Waals surface area contributed by atoms with Gasteiger partial charge in [-0.3, -0.25) is 4.79 Å². The maximum absolute atomic E-state index is 12.7. The van der Waals surface area contributed by atoms with Gasteiger partial charge in [0.05, 0.1) is 6.26 Å². The molecule has 4 rings (SSSR count). The summed E-state index contributed by atoms with van der Waals surface area (Å²) in [4.78, 5) is 21.6. The third-order valence-electron chi connectivity index (χ3n) is 6.09. The molecule has 3 N–H and O–H groups in total. The molecule has 8 nitrogen and oxygen atoms in total. The number of hydrogen-bond donors (Lipinski definition) is 3. The molecule has 35 heavy (non-hydrogen) atoms. The molecular formula is C26H31N5O3S. The van der Waals surface area contributed by atoms with Crippen LogP contribution in [0.3, 0.4) is 0 Å². The van der Waals surface area contributed by atoms with E-state index in [4.69, 9.17) is 0 Å². The Bertz CT molecular complexity index is 1260. The SMILES string of the molecule is CS(=O)(=O)NC(=O)c1cnc(NCC2CCCCC2)nc1Nc1ccccc1Cc1ccccc1. The number of rotatable bonds is 9. The summed E-state index contributed by atoms with van der Waals surface area (Å²) in [6.07, 6.45) is 9.11. The molecule has 9 heteroatoms. The number of benzene rings is 2. The van der Waals surface area contributed by atoms with Crippen LogP contribution in [0.1, 0.15) is 53.6 Å². The van der Waals surface area contributed by atoms with E-state index in [0.29, 0.717) is 18.3 Å². The number of sulfonamides is 1. The van der Waals surface area contributed by atoms with Gasteiger partial charge in [-0.15, -0.1) is 0 Å². The lowest BCUT2D eigenvalue weighted by atomic mass is 9.89. The molecule has 1 saturated carbocycles. The zero-order chi connectivity index (χ0) is 24.7. The first-order valence-corrected chi connectivity index (χ1v) is 13.8. The predicted molar refractivity (Wildman–Crippen MR) is 138 cm³/mol. The molecule has 0 unspecified atom stereocenters. The topological polar surface area (TPSA) is 113 Å². The van der Waals surface area contributed by atoms with Gasteiger partial charge in [0.1, 0.15) is 11.4 Å². The highest BCUT2D eigenvalue weighted by molar-refractivity contribution is 7.89. The van der Waals surface area contributed by atoms with Crippen LogP contribution in [0.15, 0.2) is 60.8 Å². The Morgan fingerprint density at radius 3 is 2.46 bits per heavy atom. The molecule has 1 heterocycles. The summed E-state index contributed by atoms with van der Waals surface area (Å²) in [5, 5.41) is 6.56. The molecule has 0 saturated heterocycles. The van der Waals surface area contributed by atoms with Crippen LogP contribution in [0.25, 0.3) is 0 Å². The lowest BCUT2D eigenvalue weighted by Crippen LogP contribution is -2.30. The number of nitrogens with zero attached hydrogens (tertiary/aromatic N) is 2. The smallest absolute Gasteiger partial charge is 0.270 e. The molecule has 0 aliphatic heterocycles. The number of para-hydroxylation sites is 1. The molecular weight excluding hydrogens is 462 g/mol. The van der Waals surface area contributed by atoms with E-state index in [-0.39, 0.29) is 11.4 Å². The van der Waals surface area contributed by atoms with E-state index in [2.05, 4.69) is 32.7 Å². The van der Waals surface area contributed by atoms with Crippen LogP contribution in [0.2, 0.25) is 0 Å². The molecule has 0 bridgehead atoms. The van der Waals surface area contributed by atoms with Gasteiger partial charge in [0, 0.05) is 18.4 Å².